The number of benzene rings is 1. The molecule has 6 heteroatoms. The summed E-state index contributed by atoms with van der Waals surface area (Å²) in [7, 11) is 0. The molecule has 3 rings (SSSR count). The van der Waals surface area contributed by atoms with Crippen LogP contribution in [0, 0.1) is 12.3 Å². The maximum Gasteiger partial charge on any atom is 0.311 e. The molecule has 0 saturated carbocycles. The first-order chi connectivity index (χ1) is 10.3. The molecule has 1 aromatic heterocycles. The highest BCUT2D eigenvalue weighted by Gasteiger charge is 2.43. The Morgan fingerprint density at radius 2 is 2.14 bits per heavy atom. The molecule has 1 atom stereocenters. The SMILES string of the molecule is Cc1c(C(=O)N2CC[C@@](C)(C(=O)O)C2)oc2c(Cl)cccc12. The Morgan fingerprint density at radius 1 is 1.41 bits per heavy atom. The van der Waals surface area contributed by atoms with Gasteiger partial charge in [-0.25, -0.2) is 0 Å². The topological polar surface area (TPSA) is 70.8 Å². The van der Waals surface area contributed by atoms with Gasteiger partial charge in [-0.1, -0.05) is 23.7 Å². The second kappa shape index (κ2) is 5.02. The van der Waals surface area contributed by atoms with Crippen molar-refractivity contribution in [3.8, 4) is 0 Å². The van der Waals surface area contributed by atoms with Gasteiger partial charge < -0.3 is 14.4 Å². The zero-order chi connectivity index (χ0) is 16.1. The first-order valence-corrected chi connectivity index (χ1v) is 7.41. The van der Waals surface area contributed by atoms with Gasteiger partial charge in [0.2, 0.25) is 0 Å². The number of aliphatic carboxylic acids is 1. The van der Waals surface area contributed by atoms with E-state index < -0.39 is 11.4 Å². The number of rotatable bonds is 2. The number of aryl methyl sites for hydroxylation is 1. The van der Waals surface area contributed by atoms with Crippen LogP contribution in [0.1, 0.15) is 29.5 Å². The van der Waals surface area contributed by atoms with Crippen molar-refractivity contribution in [2.45, 2.75) is 20.3 Å². The standard InChI is InChI=1S/C16H16ClNO4/c1-9-10-4-3-5-11(17)13(10)22-12(9)14(19)18-7-6-16(2,8-18)15(20)21/h3-5H,6-8H2,1-2H3,(H,20,21)/t16-/m1/s1. The summed E-state index contributed by atoms with van der Waals surface area (Å²) in [6, 6.07) is 5.36. The maximum absolute atomic E-state index is 12.7. The summed E-state index contributed by atoms with van der Waals surface area (Å²) >= 11 is 6.10. The first-order valence-electron chi connectivity index (χ1n) is 7.04. The van der Waals surface area contributed by atoms with Crippen molar-refractivity contribution in [3.05, 3.63) is 34.5 Å². The highest BCUT2D eigenvalue weighted by atomic mass is 35.5. The summed E-state index contributed by atoms with van der Waals surface area (Å²) in [4.78, 5) is 25.5. The Hall–Kier alpha value is -2.01. The molecule has 0 unspecified atom stereocenters. The third-order valence-electron chi connectivity index (χ3n) is 4.39. The van der Waals surface area contributed by atoms with Gasteiger partial charge >= 0.3 is 5.97 Å². The average molecular weight is 322 g/mol. The minimum atomic E-state index is -0.896. The van der Waals surface area contributed by atoms with E-state index in [1.54, 1.807) is 19.1 Å². The molecular formula is C16H16ClNO4. The smallest absolute Gasteiger partial charge is 0.311 e. The number of hydrogen-bond acceptors (Lipinski definition) is 3. The highest BCUT2D eigenvalue weighted by molar-refractivity contribution is 6.35. The Morgan fingerprint density at radius 3 is 2.73 bits per heavy atom. The van der Waals surface area contributed by atoms with E-state index in [9.17, 15) is 14.7 Å². The Bertz CT molecular complexity index is 782. The van der Waals surface area contributed by atoms with E-state index in [0.717, 1.165) is 10.9 Å². The fraction of sp³-hybridized carbons (Fsp3) is 0.375. The predicted octanol–water partition coefficient (Wildman–Crippen LogP) is 3.33. The number of halogens is 1. The van der Waals surface area contributed by atoms with Gasteiger partial charge in [0.25, 0.3) is 5.91 Å². The van der Waals surface area contributed by atoms with Crippen LogP contribution >= 0.6 is 11.6 Å². The number of hydrogen-bond donors (Lipinski definition) is 1. The molecule has 1 aliphatic rings. The molecule has 1 fully saturated rings. The van der Waals surface area contributed by atoms with Gasteiger partial charge in [-0.15, -0.1) is 0 Å². The quantitative estimate of drug-likeness (QED) is 0.921. The van der Waals surface area contributed by atoms with E-state index in [4.69, 9.17) is 16.0 Å². The lowest BCUT2D eigenvalue weighted by atomic mass is 9.90. The van der Waals surface area contributed by atoms with Crippen LogP contribution in [0.15, 0.2) is 22.6 Å². The number of carboxylic acids is 1. The molecule has 116 valence electrons. The summed E-state index contributed by atoms with van der Waals surface area (Å²) in [5.74, 6) is -0.931. The van der Waals surface area contributed by atoms with Crippen LogP contribution in [0.25, 0.3) is 11.0 Å². The van der Waals surface area contributed by atoms with Crippen molar-refractivity contribution in [1.82, 2.24) is 4.90 Å². The molecule has 2 heterocycles. The highest BCUT2D eigenvalue weighted by Crippen LogP contribution is 2.34. The summed E-state index contributed by atoms with van der Waals surface area (Å²) in [6.45, 7) is 4.06. The molecule has 5 nitrogen and oxygen atoms in total. The van der Waals surface area contributed by atoms with Crippen molar-refractivity contribution in [3.63, 3.8) is 0 Å². The Kier molecular flexibility index (Phi) is 3.40. The largest absolute Gasteiger partial charge is 0.481 e. The fourth-order valence-electron chi connectivity index (χ4n) is 2.87. The lowest BCUT2D eigenvalue weighted by Crippen LogP contribution is -2.34. The minimum absolute atomic E-state index is 0.186. The maximum atomic E-state index is 12.7. The molecular weight excluding hydrogens is 306 g/mol. The molecule has 1 aliphatic heterocycles. The molecule has 0 radical (unpaired) electrons. The normalized spacial score (nSPS) is 21.5. The van der Waals surface area contributed by atoms with Crippen molar-refractivity contribution >= 4 is 34.4 Å². The molecule has 1 N–H and O–H groups in total. The van der Waals surface area contributed by atoms with Crippen LogP contribution in [-0.2, 0) is 4.79 Å². The molecule has 0 bridgehead atoms. The fourth-order valence-corrected chi connectivity index (χ4v) is 3.08. The number of likely N-dealkylation sites (tertiary alicyclic amines) is 1. The van der Waals surface area contributed by atoms with E-state index in [2.05, 4.69) is 0 Å². The van der Waals surface area contributed by atoms with Gasteiger partial charge in [-0.05, 0) is 26.3 Å². The zero-order valence-corrected chi connectivity index (χ0v) is 13.1. The lowest BCUT2D eigenvalue weighted by Gasteiger charge is -2.19. The molecule has 0 spiro atoms. The third kappa shape index (κ3) is 2.16. The minimum Gasteiger partial charge on any atom is -0.481 e. The third-order valence-corrected chi connectivity index (χ3v) is 4.68. The molecule has 1 amide bonds. The Balaban J connectivity index is 1.96. The van der Waals surface area contributed by atoms with Crippen molar-refractivity contribution in [2.75, 3.05) is 13.1 Å². The number of carbonyl (C=O) groups excluding carboxylic acids is 1. The number of carbonyl (C=O) groups is 2. The summed E-state index contributed by atoms with van der Waals surface area (Å²) < 4.78 is 5.66. The van der Waals surface area contributed by atoms with E-state index in [-0.39, 0.29) is 18.2 Å². The number of amides is 1. The number of fused-ring (bicyclic) bond motifs is 1. The number of furan rings is 1. The number of para-hydroxylation sites is 1. The van der Waals surface area contributed by atoms with Crippen molar-refractivity contribution in [1.29, 1.82) is 0 Å². The number of carboxylic acid groups (broad SMARTS) is 1. The van der Waals surface area contributed by atoms with Crippen LogP contribution < -0.4 is 0 Å². The van der Waals surface area contributed by atoms with Crippen LogP contribution in [0.2, 0.25) is 5.02 Å². The van der Waals surface area contributed by atoms with Crippen LogP contribution in [-0.4, -0.2) is 35.0 Å². The van der Waals surface area contributed by atoms with Crippen molar-refractivity contribution < 1.29 is 19.1 Å². The van der Waals surface area contributed by atoms with Gasteiger partial charge in [0.15, 0.2) is 11.3 Å². The Labute approximate surface area is 132 Å². The zero-order valence-electron chi connectivity index (χ0n) is 12.4. The second-order valence-electron chi connectivity index (χ2n) is 6.02. The molecule has 2 aromatic rings. The van der Waals surface area contributed by atoms with Crippen molar-refractivity contribution in [2.24, 2.45) is 5.41 Å². The molecule has 1 saturated heterocycles. The molecule has 1 aromatic carbocycles. The van der Waals surface area contributed by atoms with Gasteiger partial charge in [-0.2, -0.15) is 0 Å². The van der Waals surface area contributed by atoms with Crippen LogP contribution in [0.4, 0.5) is 0 Å². The van der Waals surface area contributed by atoms with E-state index in [0.29, 0.717) is 23.6 Å². The first kappa shape index (κ1) is 14.9. The summed E-state index contributed by atoms with van der Waals surface area (Å²) in [6.07, 6.45) is 0.439. The van der Waals surface area contributed by atoms with Crippen LogP contribution in [0.3, 0.4) is 0 Å². The van der Waals surface area contributed by atoms with Gasteiger partial charge in [-0.3, -0.25) is 9.59 Å². The van der Waals surface area contributed by atoms with Gasteiger partial charge in [0.1, 0.15) is 0 Å². The van der Waals surface area contributed by atoms with E-state index in [1.165, 1.54) is 4.90 Å². The monoisotopic (exact) mass is 321 g/mol. The average Bonchev–Trinajstić information content (AvgIpc) is 3.02. The van der Waals surface area contributed by atoms with Crippen LogP contribution in [0.5, 0.6) is 0 Å². The molecule has 0 aliphatic carbocycles. The molecule has 22 heavy (non-hydrogen) atoms. The second-order valence-corrected chi connectivity index (χ2v) is 6.42. The van der Waals surface area contributed by atoms with E-state index >= 15 is 0 Å². The predicted molar refractivity (Wildman–Crippen MR) is 82.2 cm³/mol. The van der Waals surface area contributed by atoms with Gasteiger partial charge in [0.05, 0.1) is 10.4 Å². The summed E-state index contributed by atoms with van der Waals surface area (Å²) in [5, 5.41) is 10.5. The van der Waals surface area contributed by atoms with E-state index in [1.807, 2.05) is 13.0 Å². The lowest BCUT2D eigenvalue weighted by molar-refractivity contribution is -0.147. The van der Waals surface area contributed by atoms with Gasteiger partial charge in [0, 0.05) is 24.0 Å². The number of nitrogens with zero attached hydrogens (tertiary/aromatic N) is 1. The summed E-state index contributed by atoms with van der Waals surface area (Å²) in [5.41, 5.74) is 0.323.